The third-order valence-electron chi connectivity index (χ3n) is 2.98. The summed E-state index contributed by atoms with van der Waals surface area (Å²) in [4.78, 5) is 17.0. The Morgan fingerprint density at radius 2 is 2.16 bits per heavy atom. The number of carbonyl (C=O) groups excluding carboxylic acids is 1. The summed E-state index contributed by atoms with van der Waals surface area (Å²) in [6, 6.07) is 5.84. The molecular formula is C14H18N2O2S. The molecule has 5 heteroatoms. The molecule has 2 aromatic rings. The molecule has 0 fully saturated rings. The first-order valence-electron chi connectivity index (χ1n) is 6.13. The molecule has 0 radical (unpaired) electrons. The lowest BCUT2D eigenvalue weighted by Gasteiger charge is -2.01. The standard InChI is InChI=1S/C14H18N2O2S/c1-9-6-12(19-10(9)2)8-15-7-11-4-5-13(16-11)14(17)18-3/h4-6,15-16H,7-8H2,1-3H3. The Hall–Kier alpha value is -1.59. The van der Waals surface area contributed by atoms with Crippen LogP contribution in [-0.4, -0.2) is 18.1 Å². The maximum atomic E-state index is 11.3. The Morgan fingerprint density at radius 3 is 2.79 bits per heavy atom. The van der Waals surface area contributed by atoms with E-state index in [1.54, 1.807) is 6.07 Å². The largest absolute Gasteiger partial charge is 0.464 e. The van der Waals surface area contributed by atoms with E-state index in [4.69, 9.17) is 0 Å². The Bertz CT molecular complexity index is 552. The van der Waals surface area contributed by atoms with E-state index >= 15 is 0 Å². The second-order valence-electron chi connectivity index (χ2n) is 4.44. The van der Waals surface area contributed by atoms with Crippen molar-refractivity contribution >= 4 is 17.3 Å². The molecule has 19 heavy (non-hydrogen) atoms. The molecule has 0 aliphatic rings. The molecule has 0 spiro atoms. The van der Waals surface area contributed by atoms with Crippen LogP contribution in [0.4, 0.5) is 0 Å². The molecule has 0 bridgehead atoms. The van der Waals surface area contributed by atoms with Crippen molar-refractivity contribution in [1.82, 2.24) is 10.3 Å². The molecule has 2 N–H and O–H groups in total. The van der Waals surface area contributed by atoms with Crippen LogP contribution >= 0.6 is 11.3 Å². The molecule has 2 rings (SSSR count). The SMILES string of the molecule is COC(=O)c1ccc(CNCc2cc(C)c(C)s2)[nH]1. The number of aromatic amines is 1. The number of rotatable bonds is 5. The summed E-state index contributed by atoms with van der Waals surface area (Å²) in [6.45, 7) is 5.80. The summed E-state index contributed by atoms with van der Waals surface area (Å²) in [5, 5.41) is 3.36. The van der Waals surface area contributed by atoms with Crippen molar-refractivity contribution in [3.05, 3.63) is 44.9 Å². The van der Waals surface area contributed by atoms with Gasteiger partial charge in [-0.1, -0.05) is 0 Å². The number of ether oxygens (including phenoxy) is 1. The molecule has 102 valence electrons. The summed E-state index contributed by atoms with van der Waals surface area (Å²) in [6.07, 6.45) is 0. The highest BCUT2D eigenvalue weighted by Crippen LogP contribution is 2.20. The van der Waals surface area contributed by atoms with Crippen molar-refractivity contribution < 1.29 is 9.53 Å². The second kappa shape index (κ2) is 6.04. The second-order valence-corrected chi connectivity index (χ2v) is 5.79. The fourth-order valence-electron chi connectivity index (χ4n) is 1.83. The number of H-pyrrole nitrogens is 1. The Labute approximate surface area is 116 Å². The van der Waals surface area contributed by atoms with E-state index in [9.17, 15) is 4.79 Å². The first-order chi connectivity index (χ1) is 9.10. The van der Waals surface area contributed by atoms with Crippen LogP contribution in [0.1, 0.15) is 31.5 Å². The molecule has 0 atom stereocenters. The molecular weight excluding hydrogens is 260 g/mol. The molecule has 0 saturated heterocycles. The third kappa shape index (κ3) is 3.45. The summed E-state index contributed by atoms with van der Waals surface area (Å²) < 4.78 is 4.65. The van der Waals surface area contributed by atoms with Gasteiger partial charge in [0.25, 0.3) is 0 Å². The van der Waals surface area contributed by atoms with Gasteiger partial charge < -0.3 is 15.0 Å². The Morgan fingerprint density at radius 1 is 1.37 bits per heavy atom. The molecule has 0 saturated carbocycles. The molecule has 0 aromatic carbocycles. The van der Waals surface area contributed by atoms with Crippen LogP contribution in [0, 0.1) is 13.8 Å². The lowest BCUT2D eigenvalue weighted by atomic mass is 10.3. The van der Waals surface area contributed by atoms with E-state index in [1.165, 1.54) is 22.4 Å². The van der Waals surface area contributed by atoms with Gasteiger partial charge in [0.05, 0.1) is 7.11 Å². The van der Waals surface area contributed by atoms with Crippen molar-refractivity contribution in [1.29, 1.82) is 0 Å². The van der Waals surface area contributed by atoms with Gasteiger partial charge in [-0.25, -0.2) is 4.79 Å². The van der Waals surface area contributed by atoms with E-state index in [0.717, 1.165) is 12.2 Å². The predicted octanol–water partition coefficient (Wildman–Crippen LogP) is 2.77. The zero-order valence-corrected chi connectivity index (χ0v) is 12.2. The van der Waals surface area contributed by atoms with Crippen LogP contribution in [0.25, 0.3) is 0 Å². The number of hydrogen-bond acceptors (Lipinski definition) is 4. The maximum Gasteiger partial charge on any atom is 0.354 e. The van der Waals surface area contributed by atoms with Crippen LogP contribution in [0.15, 0.2) is 18.2 Å². The van der Waals surface area contributed by atoms with Crippen LogP contribution < -0.4 is 5.32 Å². The van der Waals surface area contributed by atoms with Crippen molar-refractivity contribution in [2.75, 3.05) is 7.11 Å². The van der Waals surface area contributed by atoms with E-state index in [2.05, 4.69) is 35.0 Å². The van der Waals surface area contributed by atoms with Gasteiger partial charge in [0.1, 0.15) is 5.69 Å². The summed E-state index contributed by atoms with van der Waals surface area (Å²) in [7, 11) is 1.38. The smallest absolute Gasteiger partial charge is 0.354 e. The van der Waals surface area contributed by atoms with E-state index < -0.39 is 0 Å². The van der Waals surface area contributed by atoms with Gasteiger partial charge in [0, 0.05) is 28.5 Å². The van der Waals surface area contributed by atoms with E-state index in [1.807, 2.05) is 17.4 Å². The first-order valence-corrected chi connectivity index (χ1v) is 6.94. The Balaban J connectivity index is 1.85. The van der Waals surface area contributed by atoms with Crippen LogP contribution in [0.5, 0.6) is 0 Å². The highest BCUT2D eigenvalue weighted by Gasteiger charge is 2.07. The normalized spacial score (nSPS) is 10.7. The molecule has 2 aromatic heterocycles. The average Bonchev–Trinajstić information content (AvgIpc) is 2.97. The van der Waals surface area contributed by atoms with Crippen molar-refractivity contribution in [2.45, 2.75) is 26.9 Å². The summed E-state index contributed by atoms with van der Waals surface area (Å²) in [5.41, 5.74) is 2.81. The molecule has 0 aliphatic heterocycles. The van der Waals surface area contributed by atoms with Crippen LogP contribution in [0.3, 0.4) is 0 Å². The number of nitrogens with one attached hydrogen (secondary N) is 2. The van der Waals surface area contributed by atoms with Crippen molar-refractivity contribution in [3.63, 3.8) is 0 Å². The minimum Gasteiger partial charge on any atom is -0.464 e. The zero-order chi connectivity index (χ0) is 13.8. The third-order valence-corrected chi connectivity index (χ3v) is 4.14. The highest BCUT2D eigenvalue weighted by molar-refractivity contribution is 7.12. The number of hydrogen-bond donors (Lipinski definition) is 2. The maximum absolute atomic E-state index is 11.3. The predicted molar refractivity (Wildman–Crippen MR) is 76.5 cm³/mol. The van der Waals surface area contributed by atoms with E-state index in [-0.39, 0.29) is 5.97 Å². The van der Waals surface area contributed by atoms with Gasteiger partial charge in [-0.2, -0.15) is 0 Å². The average molecular weight is 278 g/mol. The number of esters is 1. The van der Waals surface area contributed by atoms with Gasteiger partial charge in [0.2, 0.25) is 0 Å². The number of aromatic nitrogens is 1. The molecule has 0 amide bonds. The first kappa shape index (κ1) is 13.8. The van der Waals surface area contributed by atoms with Crippen LogP contribution in [-0.2, 0) is 17.8 Å². The zero-order valence-electron chi connectivity index (χ0n) is 11.4. The number of carbonyl (C=O) groups is 1. The minimum absolute atomic E-state index is 0.337. The van der Waals surface area contributed by atoms with Crippen LogP contribution in [0.2, 0.25) is 0 Å². The minimum atomic E-state index is -0.337. The topological polar surface area (TPSA) is 54.1 Å². The van der Waals surface area contributed by atoms with Gasteiger partial charge >= 0.3 is 5.97 Å². The summed E-state index contributed by atoms with van der Waals surface area (Å²) >= 11 is 1.82. The molecule has 4 nitrogen and oxygen atoms in total. The fourth-order valence-corrected chi connectivity index (χ4v) is 2.85. The lowest BCUT2D eigenvalue weighted by Crippen LogP contribution is -2.12. The Kier molecular flexibility index (Phi) is 4.39. The van der Waals surface area contributed by atoms with Gasteiger partial charge in [-0.15, -0.1) is 11.3 Å². The molecule has 0 unspecified atom stereocenters. The number of thiophene rings is 1. The van der Waals surface area contributed by atoms with Crippen molar-refractivity contribution in [3.8, 4) is 0 Å². The van der Waals surface area contributed by atoms with Crippen molar-refractivity contribution in [2.24, 2.45) is 0 Å². The molecule has 2 heterocycles. The lowest BCUT2D eigenvalue weighted by molar-refractivity contribution is 0.0594. The molecule has 0 aliphatic carbocycles. The summed E-state index contributed by atoms with van der Waals surface area (Å²) in [5.74, 6) is -0.337. The fraction of sp³-hybridized carbons (Fsp3) is 0.357. The van der Waals surface area contributed by atoms with Gasteiger partial charge in [-0.05, 0) is 37.6 Å². The monoisotopic (exact) mass is 278 g/mol. The van der Waals surface area contributed by atoms with Gasteiger partial charge in [0.15, 0.2) is 0 Å². The number of methoxy groups -OCH3 is 1. The quantitative estimate of drug-likeness (QED) is 0.827. The van der Waals surface area contributed by atoms with Gasteiger partial charge in [-0.3, -0.25) is 0 Å². The van der Waals surface area contributed by atoms with E-state index in [0.29, 0.717) is 12.2 Å². The number of aryl methyl sites for hydroxylation is 2. The highest BCUT2D eigenvalue weighted by atomic mass is 32.1.